The molecular formula is C24H48N2OS. The molecule has 0 saturated carbocycles. The van der Waals surface area contributed by atoms with Crippen LogP contribution in [0.4, 0.5) is 0 Å². The van der Waals surface area contributed by atoms with E-state index in [0.717, 1.165) is 13.0 Å². The van der Waals surface area contributed by atoms with Crippen LogP contribution in [0.25, 0.3) is 0 Å². The molecule has 4 heteroatoms. The van der Waals surface area contributed by atoms with Crippen LogP contribution in [0.15, 0.2) is 0 Å². The van der Waals surface area contributed by atoms with Crippen LogP contribution in [-0.4, -0.2) is 28.1 Å². The van der Waals surface area contributed by atoms with Gasteiger partial charge in [0.25, 0.3) is 0 Å². The number of hydrogen-bond acceptors (Lipinski definition) is 3. The second-order valence-electron chi connectivity index (χ2n) is 9.68. The van der Waals surface area contributed by atoms with Crippen molar-refractivity contribution >= 4 is 17.7 Å². The summed E-state index contributed by atoms with van der Waals surface area (Å²) < 4.78 is -0.0525. The molecule has 0 aromatic heterocycles. The highest BCUT2D eigenvalue weighted by molar-refractivity contribution is 8.02. The fourth-order valence-electron chi connectivity index (χ4n) is 4.28. The van der Waals surface area contributed by atoms with Crippen molar-refractivity contribution in [3.8, 4) is 0 Å². The summed E-state index contributed by atoms with van der Waals surface area (Å²) in [4.78, 5) is 12.5. The van der Waals surface area contributed by atoms with E-state index in [-0.39, 0.29) is 21.6 Å². The van der Waals surface area contributed by atoms with Gasteiger partial charge < -0.3 is 5.32 Å². The molecule has 1 saturated heterocycles. The van der Waals surface area contributed by atoms with E-state index in [1.807, 2.05) is 11.8 Å². The Hall–Kier alpha value is -0.220. The molecule has 1 fully saturated rings. The molecule has 0 bridgehead atoms. The van der Waals surface area contributed by atoms with Crippen LogP contribution in [0.5, 0.6) is 0 Å². The van der Waals surface area contributed by atoms with Gasteiger partial charge in [0, 0.05) is 11.3 Å². The quantitative estimate of drug-likeness (QED) is 0.274. The zero-order chi connectivity index (χ0) is 20.9. The number of amides is 1. The average molecular weight is 413 g/mol. The van der Waals surface area contributed by atoms with E-state index >= 15 is 0 Å². The fraction of sp³-hybridized carbons (Fsp3) is 0.958. The van der Waals surface area contributed by atoms with Crippen LogP contribution in [0.3, 0.4) is 0 Å². The SMILES string of the molecule is CCCCCCCCCCCCCCCCNC(=O)C1NC(C)(C)SC1(C)C. The maximum atomic E-state index is 12.5. The topological polar surface area (TPSA) is 41.1 Å². The summed E-state index contributed by atoms with van der Waals surface area (Å²) in [6, 6.07) is -0.0980. The van der Waals surface area contributed by atoms with Gasteiger partial charge in [0.1, 0.15) is 6.04 Å². The molecule has 0 spiro atoms. The smallest absolute Gasteiger partial charge is 0.238 e. The van der Waals surface area contributed by atoms with Crippen LogP contribution < -0.4 is 10.6 Å². The Kier molecular flexibility index (Phi) is 12.8. The molecule has 1 heterocycles. The first-order chi connectivity index (χ1) is 13.3. The first-order valence-corrected chi connectivity index (χ1v) is 12.9. The van der Waals surface area contributed by atoms with Crippen LogP contribution in [0.1, 0.15) is 125 Å². The van der Waals surface area contributed by atoms with Crippen LogP contribution in [0, 0.1) is 0 Å². The second-order valence-corrected chi connectivity index (χ2v) is 12.0. The molecule has 1 atom stereocenters. The monoisotopic (exact) mass is 412 g/mol. The van der Waals surface area contributed by atoms with Gasteiger partial charge >= 0.3 is 0 Å². The Morgan fingerprint density at radius 1 is 0.786 bits per heavy atom. The van der Waals surface area contributed by atoms with E-state index in [9.17, 15) is 4.79 Å². The average Bonchev–Trinajstić information content (AvgIpc) is 2.85. The number of unbranched alkanes of at least 4 members (excludes halogenated alkanes) is 13. The van der Waals surface area contributed by atoms with Crippen molar-refractivity contribution in [1.29, 1.82) is 0 Å². The Morgan fingerprint density at radius 2 is 1.21 bits per heavy atom. The van der Waals surface area contributed by atoms with E-state index < -0.39 is 0 Å². The predicted octanol–water partition coefficient (Wildman–Crippen LogP) is 6.80. The van der Waals surface area contributed by atoms with Gasteiger partial charge in [-0.25, -0.2) is 0 Å². The standard InChI is InChI=1S/C24H48N2OS/c1-6-7-8-9-10-11-12-13-14-15-16-17-18-19-20-25-22(27)21-23(2,3)28-24(4,5)26-21/h21,26H,6-20H2,1-5H3,(H,25,27). The highest BCUT2D eigenvalue weighted by Crippen LogP contribution is 2.44. The maximum Gasteiger partial charge on any atom is 0.238 e. The molecule has 3 nitrogen and oxygen atoms in total. The van der Waals surface area contributed by atoms with Crippen molar-refractivity contribution in [2.45, 2.75) is 140 Å². The van der Waals surface area contributed by atoms with Gasteiger partial charge in [0.2, 0.25) is 5.91 Å². The summed E-state index contributed by atoms with van der Waals surface area (Å²) in [5.41, 5.74) is 0. The molecule has 0 aromatic carbocycles. The fourth-order valence-corrected chi connectivity index (χ4v) is 6.06. The summed E-state index contributed by atoms with van der Waals surface area (Å²) in [5.74, 6) is 0.165. The normalized spacial score (nSPS) is 20.4. The van der Waals surface area contributed by atoms with Crippen LogP contribution in [0.2, 0.25) is 0 Å². The molecule has 0 aliphatic carbocycles. The minimum atomic E-state index is -0.0980. The molecular weight excluding hydrogens is 364 g/mol. The first kappa shape index (κ1) is 25.8. The van der Waals surface area contributed by atoms with E-state index in [1.165, 1.54) is 83.5 Å². The summed E-state index contributed by atoms with van der Waals surface area (Å²) in [5, 5.41) is 6.62. The molecule has 2 N–H and O–H groups in total. The van der Waals surface area contributed by atoms with Gasteiger partial charge in [-0.05, 0) is 34.1 Å². The number of rotatable bonds is 16. The van der Waals surface area contributed by atoms with E-state index in [2.05, 4.69) is 45.3 Å². The molecule has 1 amide bonds. The second kappa shape index (κ2) is 13.9. The molecule has 1 aliphatic rings. The van der Waals surface area contributed by atoms with Gasteiger partial charge in [-0.3, -0.25) is 10.1 Å². The van der Waals surface area contributed by atoms with Gasteiger partial charge in [-0.15, -0.1) is 11.8 Å². The van der Waals surface area contributed by atoms with Crippen LogP contribution >= 0.6 is 11.8 Å². The molecule has 1 unspecified atom stereocenters. The Bertz CT molecular complexity index is 423. The molecule has 166 valence electrons. The lowest BCUT2D eigenvalue weighted by Crippen LogP contribution is -2.52. The Morgan fingerprint density at radius 3 is 1.61 bits per heavy atom. The van der Waals surface area contributed by atoms with E-state index in [1.54, 1.807) is 0 Å². The van der Waals surface area contributed by atoms with Gasteiger partial charge in [0.15, 0.2) is 0 Å². The van der Waals surface area contributed by atoms with Crippen molar-refractivity contribution in [3.05, 3.63) is 0 Å². The largest absolute Gasteiger partial charge is 0.355 e. The lowest BCUT2D eigenvalue weighted by atomic mass is 10.0. The van der Waals surface area contributed by atoms with Crippen molar-refractivity contribution in [2.75, 3.05) is 6.54 Å². The summed E-state index contributed by atoms with van der Waals surface area (Å²) in [6.45, 7) is 11.7. The third kappa shape index (κ3) is 11.1. The molecule has 0 aromatic rings. The van der Waals surface area contributed by atoms with Crippen LogP contribution in [-0.2, 0) is 4.79 Å². The number of carbonyl (C=O) groups is 1. The van der Waals surface area contributed by atoms with Gasteiger partial charge in [-0.1, -0.05) is 90.4 Å². The highest BCUT2D eigenvalue weighted by atomic mass is 32.2. The summed E-state index contributed by atoms with van der Waals surface area (Å²) >= 11 is 1.85. The van der Waals surface area contributed by atoms with Crippen molar-refractivity contribution in [2.24, 2.45) is 0 Å². The van der Waals surface area contributed by atoms with Crippen molar-refractivity contribution < 1.29 is 4.79 Å². The summed E-state index contributed by atoms with van der Waals surface area (Å²) in [7, 11) is 0. The zero-order valence-electron chi connectivity index (χ0n) is 19.5. The van der Waals surface area contributed by atoms with Crippen molar-refractivity contribution in [3.63, 3.8) is 0 Å². The first-order valence-electron chi connectivity index (χ1n) is 12.0. The van der Waals surface area contributed by atoms with Crippen molar-refractivity contribution in [1.82, 2.24) is 10.6 Å². The predicted molar refractivity (Wildman–Crippen MR) is 126 cm³/mol. The molecule has 1 rings (SSSR count). The Labute approximate surface area is 180 Å². The number of carbonyl (C=O) groups excluding carboxylic acids is 1. The number of nitrogens with one attached hydrogen (secondary N) is 2. The maximum absolute atomic E-state index is 12.5. The lowest BCUT2D eigenvalue weighted by Gasteiger charge is -2.24. The van der Waals surface area contributed by atoms with Gasteiger partial charge in [-0.2, -0.15) is 0 Å². The van der Waals surface area contributed by atoms with E-state index in [0.29, 0.717) is 0 Å². The third-order valence-corrected chi connectivity index (χ3v) is 7.19. The lowest BCUT2D eigenvalue weighted by molar-refractivity contribution is -0.123. The minimum Gasteiger partial charge on any atom is -0.355 e. The molecule has 1 aliphatic heterocycles. The van der Waals surface area contributed by atoms with E-state index in [4.69, 9.17) is 0 Å². The molecule has 0 radical (unpaired) electrons. The number of thioether (sulfide) groups is 1. The Balaban J connectivity index is 1.90. The minimum absolute atomic E-state index is 0.0272. The zero-order valence-corrected chi connectivity index (χ0v) is 20.3. The summed E-state index contributed by atoms with van der Waals surface area (Å²) in [6.07, 6.45) is 19.1. The van der Waals surface area contributed by atoms with Gasteiger partial charge in [0.05, 0.1) is 4.87 Å². The number of hydrogen-bond donors (Lipinski definition) is 2. The molecule has 28 heavy (non-hydrogen) atoms. The third-order valence-electron chi connectivity index (χ3n) is 5.80. The highest BCUT2D eigenvalue weighted by Gasteiger charge is 2.48.